The van der Waals surface area contributed by atoms with Crippen LogP contribution in [0.15, 0.2) is 59.8 Å². The van der Waals surface area contributed by atoms with E-state index in [4.69, 9.17) is 10.00 Å². The van der Waals surface area contributed by atoms with E-state index >= 15 is 0 Å². The molecule has 0 bridgehead atoms. The SMILES string of the molecule is CC1=C(C(=O)OCCN2CCCC2)C(c2ccc(C#N)cc2)CC(=O)N1c1cccc(C(F)(F)F)c1. The normalized spacial score (nSPS) is 18.9. The number of esters is 1. The minimum atomic E-state index is -4.57. The molecule has 4 rings (SSSR count). The van der Waals surface area contributed by atoms with Crippen molar-refractivity contribution in [3.63, 3.8) is 0 Å². The standard InChI is InChI=1S/C27H26F3N3O3/c1-18-25(26(35)36-14-13-32-11-2-3-12-32)23(20-9-7-19(17-31)8-10-20)16-24(34)33(18)22-6-4-5-21(15-22)27(28,29)30/h4-10,15,23H,2-3,11-14,16H2,1H3. The number of alkyl halides is 3. The Morgan fingerprint density at radius 1 is 1.14 bits per heavy atom. The maximum atomic E-state index is 13.3. The van der Waals surface area contributed by atoms with E-state index in [1.165, 1.54) is 12.1 Å². The first-order chi connectivity index (χ1) is 17.2. The molecular formula is C27H26F3N3O3. The van der Waals surface area contributed by atoms with Crippen molar-refractivity contribution in [1.29, 1.82) is 5.26 Å². The molecule has 36 heavy (non-hydrogen) atoms. The number of carbonyl (C=O) groups is 2. The number of benzene rings is 2. The number of likely N-dealkylation sites (tertiary alicyclic amines) is 1. The Morgan fingerprint density at radius 2 is 1.83 bits per heavy atom. The van der Waals surface area contributed by atoms with Crippen LogP contribution in [-0.4, -0.2) is 43.0 Å². The van der Waals surface area contributed by atoms with Gasteiger partial charge in [-0.25, -0.2) is 4.79 Å². The van der Waals surface area contributed by atoms with Gasteiger partial charge in [-0.05, 0) is 68.8 Å². The van der Waals surface area contributed by atoms with Crippen LogP contribution in [0.3, 0.4) is 0 Å². The van der Waals surface area contributed by atoms with Gasteiger partial charge in [-0.15, -0.1) is 0 Å². The van der Waals surface area contributed by atoms with Crippen molar-refractivity contribution in [1.82, 2.24) is 4.90 Å². The lowest BCUT2D eigenvalue weighted by Gasteiger charge is -2.34. The Labute approximate surface area is 207 Å². The van der Waals surface area contributed by atoms with Gasteiger partial charge in [0.1, 0.15) is 6.61 Å². The second-order valence-electron chi connectivity index (χ2n) is 8.95. The van der Waals surface area contributed by atoms with E-state index in [0.717, 1.165) is 43.0 Å². The second kappa shape index (κ2) is 10.5. The Balaban J connectivity index is 1.70. The molecule has 1 unspecified atom stereocenters. The maximum Gasteiger partial charge on any atom is 0.416 e. The van der Waals surface area contributed by atoms with Crippen molar-refractivity contribution < 1.29 is 27.5 Å². The predicted octanol–water partition coefficient (Wildman–Crippen LogP) is 5.01. The Bertz CT molecular complexity index is 1210. The highest BCUT2D eigenvalue weighted by Crippen LogP contribution is 2.40. The predicted molar refractivity (Wildman–Crippen MR) is 127 cm³/mol. The van der Waals surface area contributed by atoms with Crippen molar-refractivity contribution in [2.24, 2.45) is 0 Å². The fourth-order valence-electron chi connectivity index (χ4n) is 4.80. The average Bonchev–Trinajstić information content (AvgIpc) is 3.37. The van der Waals surface area contributed by atoms with E-state index in [1.54, 1.807) is 31.2 Å². The van der Waals surface area contributed by atoms with Gasteiger partial charge < -0.3 is 4.74 Å². The Morgan fingerprint density at radius 3 is 2.47 bits per heavy atom. The van der Waals surface area contributed by atoms with Crippen LogP contribution in [0.1, 0.15) is 48.8 Å². The molecule has 1 saturated heterocycles. The molecule has 0 N–H and O–H groups in total. The molecular weight excluding hydrogens is 471 g/mol. The smallest absolute Gasteiger partial charge is 0.416 e. The summed E-state index contributed by atoms with van der Waals surface area (Å²) in [6.07, 6.45) is -2.50. The Hall–Kier alpha value is -3.64. The molecule has 6 nitrogen and oxygen atoms in total. The molecule has 1 amide bonds. The van der Waals surface area contributed by atoms with E-state index in [9.17, 15) is 22.8 Å². The topological polar surface area (TPSA) is 73.6 Å². The van der Waals surface area contributed by atoms with E-state index in [1.807, 2.05) is 6.07 Å². The fraction of sp³-hybridized carbons (Fsp3) is 0.370. The number of halogens is 3. The number of ether oxygens (including phenoxy) is 1. The fourth-order valence-corrected chi connectivity index (χ4v) is 4.80. The van der Waals surface area contributed by atoms with E-state index in [0.29, 0.717) is 17.7 Å². The van der Waals surface area contributed by atoms with Crippen molar-refractivity contribution >= 4 is 17.6 Å². The van der Waals surface area contributed by atoms with Gasteiger partial charge in [0, 0.05) is 30.3 Å². The molecule has 1 fully saturated rings. The lowest BCUT2D eigenvalue weighted by atomic mass is 9.83. The summed E-state index contributed by atoms with van der Waals surface area (Å²) < 4.78 is 45.6. The molecule has 0 radical (unpaired) electrons. The van der Waals surface area contributed by atoms with Crippen LogP contribution in [0, 0.1) is 11.3 Å². The van der Waals surface area contributed by atoms with Gasteiger partial charge in [0.25, 0.3) is 0 Å². The first kappa shape index (κ1) is 25.5. The van der Waals surface area contributed by atoms with Crippen LogP contribution in [0.25, 0.3) is 0 Å². The number of nitrogens with zero attached hydrogens (tertiary/aromatic N) is 3. The van der Waals surface area contributed by atoms with E-state index in [-0.39, 0.29) is 30.0 Å². The van der Waals surface area contributed by atoms with Gasteiger partial charge in [0.05, 0.1) is 22.8 Å². The third kappa shape index (κ3) is 5.44. The summed E-state index contributed by atoms with van der Waals surface area (Å²) in [4.78, 5) is 29.9. The zero-order valence-corrected chi connectivity index (χ0v) is 19.8. The van der Waals surface area contributed by atoms with Crippen LogP contribution in [0.2, 0.25) is 0 Å². The molecule has 2 aromatic carbocycles. The van der Waals surface area contributed by atoms with Crippen molar-refractivity contribution in [2.45, 2.75) is 38.3 Å². The molecule has 2 heterocycles. The quantitative estimate of drug-likeness (QED) is 0.525. The van der Waals surface area contributed by atoms with E-state index < -0.39 is 29.5 Å². The van der Waals surface area contributed by atoms with Crippen LogP contribution in [0.5, 0.6) is 0 Å². The first-order valence-electron chi connectivity index (χ1n) is 11.8. The number of rotatable bonds is 6. The molecule has 2 aliphatic rings. The first-order valence-corrected chi connectivity index (χ1v) is 11.8. The number of allylic oxidation sites excluding steroid dienone is 1. The highest BCUT2D eigenvalue weighted by molar-refractivity contribution is 6.04. The summed E-state index contributed by atoms with van der Waals surface area (Å²) in [6, 6.07) is 13.1. The summed E-state index contributed by atoms with van der Waals surface area (Å²) in [5.74, 6) is -1.69. The number of nitriles is 1. The molecule has 1 atom stereocenters. The highest BCUT2D eigenvalue weighted by atomic mass is 19.4. The molecule has 0 saturated carbocycles. The number of hydrogen-bond acceptors (Lipinski definition) is 5. The zero-order chi connectivity index (χ0) is 25.9. The minimum absolute atomic E-state index is 0.0352. The van der Waals surface area contributed by atoms with Gasteiger partial charge in [-0.3, -0.25) is 14.6 Å². The number of carbonyl (C=O) groups excluding carboxylic acids is 2. The Kier molecular flexibility index (Phi) is 7.45. The lowest BCUT2D eigenvalue weighted by molar-refractivity contribution is -0.140. The van der Waals surface area contributed by atoms with Crippen LogP contribution in [-0.2, 0) is 20.5 Å². The second-order valence-corrected chi connectivity index (χ2v) is 8.95. The van der Waals surface area contributed by atoms with Crippen LogP contribution < -0.4 is 4.90 Å². The minimum Gasteiger partial charge on any atom is -0.461 e. The van der Waals surface area contributed by atoms with Gasteiger partial charge in [0.2, 0.25) is 5.91 Å². The molecule has 0 aromatic heterocycles. The molecule has 9 heteroatoms. The largest absolute Gasteiger partial charge is 0.461 e. The lowest BCUT2D eigenvalue weighted by Crippen LogP contribution is -2.39. The van der Waals surface area contributed by atoms with Crippen molar-refractivity contribution in [2.75, 3.05) is 31.1 Å². The average molecular weight is 498 g/mol. The molecule has 2 aromatic rings. The third-order valence-electron chi connectivity index (χ3n) is 6.63. The molecule has 0 aliphatic carbocycles. The molecule has 0 spiro atoms. The van der Waals surface area contributed by atoms with E-state index in [2.05, 4.69) is 4.90 Å². The molecule has 2 aliphatic heterocycles. The van der Waals surface area contributed by atoms with Gasteiger partial charge in [0.15, 0.2) is 0 Å². The summed E-state index contributed by atoms with van der Waals surface area (Å²) in [5.41, 5.74) is 0.681. The molecule has 188 valence electrons. The number of hydrogen-bond donors (Lipinski definition) is 0. The van der Waals surface area contributed by atoms with Crippen molar-refractivity contribution in [3.05, 3.63) is 76.5 Å². The summed E-state index contributed by atoms with van der Waals surface area (Å²) >= 11 is 0. The summed E-state index contributed by atoms with van der Waals surface area (Å²) in [5, 5.41) is 9.11. The van der Waals surface area contributed by atoms with Gasteiger partial charge >= 0.3 is 12.1 Å². The van der Waals surface area contributed by atoms with Gasteiger partial charge in [-0.2, -0.15) is 18.4 Å². The number of anilines is 1. The van der Waals surface area contributed by atoms with Gasteiger partial charge in [-0.1, -0.05) is 18.2 Å². The summed E-state index contributed by atoms with van der Waals surface area (Å²) in [6.45, 7) is 4.21. The zero-order valence-electron chi connectivity index (χ0n) is 19.8. The highest BCUT2D eigenvalue weighted by Gasteiger charge is 2.38. The van der Waals surface area contributed by atoms with Crippen molar-refractivity contribution in [3.8, 4) is 6.07 Å². The van der Waals surface area contributed by atoms with Crippen LogP contribution >= 0.6 is 0 Å². The third-order valence-corrected chi connectivity index (χ3v) is 6.63. The summed E-state index contributed by atoms with van der Waals surface area (Å²) in [7, 11) is 0. The number of amides is 1. The maximum absolute atomic E-state index is 13.3. The monoisotopic (exact) mass is 497 g/mol. The van der Waals surface area contributed by atoms with Crippen LogP contribution in [0.4, 0.5) is 18.9 Å².